The predicted octanol–water partition coefficient (Wildman–Crippen LogP) is 3.19. The van der Waals surface area contributed by atoms with Gasteiger partial charge in [-0.2, -0.15) is 0 Å². The van der Waals surface area contributed by atoms with E-state index in [4.69, 9.17) is 11.6 Å². The Balaban J connectivity index is 2.33. The lowest BCUT2D eigenvalue weighted by molar-refractivity contribution is 0.158. The molecular weight excluding hydrogens is 210 g/mol. The van der Waals surface area contributed by atoms with E-state index < -0.39 is 0 Å². The van der Waals surface area contributed by atoms with Gasteiger partial charge in [0.05, 0.1) is 6.10 Å². The van der Waals surface area contributed by atoms with Gasteiger partial charge >= 0.3 is 0 Å². The fourth-order valence-corrected chi connectivity index (χ4v) is 2.61. The number of rotatable bonds is 0. The lowest BCUT2D eigenvalue weighted by Crippen LogP contribution is -2.07. The molecule has 2 aromatic rings. The van der Waals surface area contributed by atoms with Gasteiger partial charge < -0.3 is 10.1 Å². The molecule has 0 radical (unpaired) electrons. The van der Waals surface area contributed by atoms with Crippen molar-refractivity contribution in [3.8, 4) is 0 Å². The molecule has 0 amide bonds. The summed E-state index contributed by atoms with van der Waals surface area (Å²) in [5, 5.41) is 11.8. The molecule has 1 aliphatic rings. The van der Waals surface area contributed by atoms with Gasteiger partial charge in [0.2, 0.25) is 0 Å². The van der Waals surface area contributed by atoms with E-state index in [9.17, 15) is 5.11 Å². The van der Waals surface area contributed by atoms with E-state index >= 15 is 0 Å². The van der Waals surface area contributed by atoms with E-state index in [-0.39, 0.29) is 6.10 Å². The van der Waals surface area contributed by atoms with Crippen LogP contribution in [0.25, 0.3) is 10.9 Å². The maximum absolute atomic E-state index is 9.98. The Labute approximate surface area is 92.9 Å². The molecule has 0 saturated heterocycles. The normalized spacial score (nSPS) is 20.5. The standard InChI is InChI=1S/C12H12ClNO/c13-7-4-5-9-8(6-7)12-10(14-9)2-1-3-11(12)15/h4-6,11,14-15H,1-3H2. The summed E-state index contributed by atoms with van der Waals surface area (Å²) in [4.78, 5) is 3.36. The number of aliphatic hydroxyl groups is 1. The van der Waals surface area contributed by atoms with Crippen LogP contribution in [0.5, 0.6) is 0 Å². The monoisotopic (exact) mass is 221 g/mol. The first-order chi connectivity index (χ1) is 7.25. The van der Waals surface area contributed by atoms with Crippen molar-refractivity contribution in [2.45, 2.75) is 25.4 Å². The highest BCUT2D eigenvalue weighted by molar-refractivity contribution is 6.31. The Morgan fingerprint density at radius 2 is 2.27 bits per heavy atom. The largest absolute Gasteiger partial charge is 0.388 e. The van der Waals surface area contributed by atoms with E-state index in [1.807, 2.05) is 18.2 Å². The minimum Gasteiger partial charge on any atom is -0.388 e. The maximum atomic E-state index is 9.98. The minimum atomic E-state index is -0.332. The first-order valence-corrected chi connectivity index (χ1v) is 5.61. The fourth-order valence-electron chi connectivity index (χ4n) is 2.44. The zero-order valence-electron chi connectivity index (χ0n) is 8.26. The van der Waals surface area contributed by atoms with E-state index in [0.29, 0.717) is 0 Å². The third kappa shape index (κ3) is 1.36. The number of benzene rings is 1. The summed E-state index contributed by atoms with van der Waals surface area (Å²) in [5.74, 6) is 0. The molecule has 2 N–H and O–H groups in total. The van der Waals surface area contributed by atoms with E-state index in [1.165, 1.54) is 5.69 Å². The molecule has 1 aliphatic carbocycles. The van der Waals surface area contributed by atoms with Gasteiger partial charge in [0.1, 0.15) is 0 Å². The van der Waals surface area contributed by atoms with Crippen molar-refractivity contribution in [2.24, 2.45) is 0 Å². The van der Waals surface area contributed by atoms with Crippen molar-refractivity contribution in [3.63, 3.8) is 0 Å². The summed E-state index contributed by atoms with van der Waals surface area (Å²) in [5.41, 5.74) is 3.30. The summed E-state index contributed by atoms with van der Waals surface area (Å²) < 4.78 is 0. The van der Waals surface area contributed by atoms with Crippen molar-refractivity contribution in [1.82, 2.24) is 4.98 Å². The van der Waals surface area contributed by atoms with Crippen molar-refractivity contribution in [2.75, 3.05) is 0 Å². The molecule has 3 rings (SSSR count). The predicted molar refractivity (Wildman–Crippen MR) is 61.2 cm³/mol. The Morgan fingerprint density at radius 1 is 1.40 bits per heavy atom. The number of hydrogen-bond acceptors (Lipinski definition) is 1. The van der Waals surface area contributed by atoms with Gasteiger partial charge in [0, 0.05) is 27.2 Å². The zero-order valence-corrected chi connectivity index (χ0v) is 9.01. The van der Waals surface area contributed by atoms with Crippen LogP contribution in [0, 0.1) is 0 Å². The van der Waals surface area contributed by atoms with Gasteiger partial charge in [-0.05, 0) is 37.5 Å². The molecule has 1 aromatic heterocycles. The zero-order chi connectivity index (χ0) is 10.4. The average molecular weight is 222 g/mol. The van der Waals surface area contributed by atoms with Crippen molar-refractivity contribution < 1.29 is 5.11 Å². The molecule has 0 fully saturated rings. The Morgan fingerprint density at radius 3 is 3.13 bits per heavy atom. The van der Waals surface area contributed by atoms with Crippen LogP contribution in [-0.4, -0.2) is 10.1 Å². The molecule has 1 heterocycles. The van der Waals surface area contributed by atoms with Crippen molar-refractivity contribution >= 4 is 22.5 Å². The summed E-state index contributed by atoms with van der Waals surface area (Å²) in [6.07, 6.45) is 2.60. The molecule has 2 nitrogen and oxygen atoms in total. The quantitative estimate of drug-likeness (QED) is 0.704. The molecule has 1 unspecified atom stereocenters. The van der Waals surface area contributed by atoms with Crippen LogP contribution in [0.3, 0.4) is 0 Å². The minimum absolute atomic E-state index is 0.332. The number of halogens is 1. The molecular formula is C12H12ClNO. The van der Waals surface area contributed by atoms with Gasteiger partial charge in [-0.3, -0.25) is 0 Å². The smallest absolute Gasteiger partial charge is 0.0813 e. The Kier molecular flexibility index (Phi) is 2.01. The van der Waals surface area contributed by atoms with Crippen LogP contribution < -0.4 is 0 Å². The van der Waals surface area contributed by atoms with Crippen LogP contribution >= 0.6 is 11.6 Å². The highest BCUT2D eigenvalue weighted by atomic mass is 35.5. The van der Waals surface area contributed by atoms with Gasteiger partial charge in [-0.1, -0.05) is 11.6 Å². The van der Waals surface area contributed by atoms with Gasteiger partial charge in [0.25, 0.3) is 0 Å². The number of aliphatic hydroxyl groups excluding tert-OH is 1. The second-order valence-corrected chi connectivity index (χ2v) is 4.55. The molecule has 0 saturated carbocycles. The van der Waals surface area contributed by atoms with Gasteiger partial charge in [-0.15, -0.1) is 0 Å². The van der Waals surface area contributed by atoms with Crippen LogP contribution in [0.2, 0.25) is 5.02 Å². The average Bonchev–Trinajstić information content (AvgIpc) is 2.57. The van der Waals surface area contributed by atoms with E-state index in [1.54, 1.807) is 0 Å². The molecule has 15 heavy (non-hydrogen) atoms. The number of H-pyrrole nitrogens is 1. The highest BCUT2D eigenvalue weighted by Crippen LogP contribution is 2.36. The van der Waals surface area contributed by atoms with Crippen molar-refractivity contribution in [1.29, 1.82) is 0 Å². The summed E-state index contributed by atoms with van der Waals surface area (Å²) >= 11 is 5.97. The summed E-state index contributed by atoms with van der Waals surface area (Å²) in [7, 11) is 0. The molecule has 1 aromatic carbocycles. The number of aryl methyl sites for hydroxylation is 1. The molecule has 1 atom stereocenters. The molecule has 78 valence electrons. The number of nitrogens with one attached hydrogen (secondary N) is 1. The third-order valence-electron chi connectivity index (χ3n) is 3.12. The van der Waals surface area contributed by atoms with E-state index in [0.717, 1.165) is 40.8 Å². The van der Waals surface area contributed by atoms with Crippen LogP contribution in [0.15, 0.2) is 18.2 Å². The molecule has 0 spiro atoms. The Hall–Kier alpha value is -0.990. The topological polar surface area (TPSA) is 36.0 Å². The number of aromatic amines is 1. The van der Waals surface area contributed by atoms with Gasteiger partial charge in [-0.25, -0.2) is 0 Å². The first kappa shape index (κ1) is 9.25. The summed E-state index contributed by atoms with van der Waals surface area (Å²) in [6.45, 7) is 0. The molecule has 3 heteroatoms. The molecule has 0 aliphatic heterocycles. The summed E-state index contributed by atoms with van der Waals surface area (Å²) in [6, 6.07) is 5.78. The molecule has 0 bridgehead atoms. The number of aromatic nitrogens is 1. The van der Waals surface area contributed by atoms with E-state index in [2.05, 4.69) is 4.98 Å². The van der Waals surface area contributed by atoms with Crippen LogP contribution in [0.1, 0.15) is 30.2 Å². The second kappa shape index (κ2) is 3.26. The van der Waals surface area contributed by atoms with Gasteiger partial charge in [0.15, 0.2) is 0 Å². The highest BCUT2D eigenvalue weighted by Gasteiger charge is 2.22. The maximum Gasteiger partial charge on any atom is 0.0813 e. The lowest BCUT2D eigenvalue weighted by Gasteiger charge is -2.17. The van der Waals surface area contributed by atoms with Crippen molar-refractivity contribution in [3.05, 3.63) is 34.5 Å². The lowest BCUT2D eigenvalue weighted by atomic mass is 9.93. The number of hydrogen-bond donors (Lipinski definition) is 2. The van der Waals surface area contributed by atoms with Crippen LogP contribution in [-0.2, 0) is 6.42 Å². The van der Waals surface area contributed by atoms with Crippen LogP contribution in [0.4, 0.5) is 0 Å². The third-order valence-corrected chi connectivity index (χ3v) is 3.36. The second-order valence-electron chi connectivity index (χ2n) is 4.12. The fraction of sp³-hybridized carbons (Fsp3) is 0.333. The first-order valence-electron chi connectivity index (χ1n) is 5.24. The SMILES string of the molecule is OC1CCCc2[nH]c3ccc(Cl)cc3c21. The number of fused-ring (bicyclic) bond motifs is 3. The Bertz CT molecular complexity index is 518.